The molecule has 10 heteroatoms. The van der Waals surface area contributed by atoms with Crippen molar-refractivity contribution in [3.63, 3.8) is 0 Å². The van der Waals surface area contributed by atoms with Crippen LogP contribution in [0.2, 0.25) is 0 Å². The summed E-state index contributed by atoms with van der Waals surface area (Å²) in [5.41, 5.74) is 3.16. The van der Waals surface area contributed by atoms with E-state index in [1.165, 1.54) is 24.1 Å². The Labute approximate surface area is 258 Å². The van der Waals surface area contributed by atoms with Gasteiger partial charge < -0.3 is 15.0 Å². The number of nitrogens with zero attached hydrogens (tertiary/aromatic N) is 2. The summed E-state index contributed by atoms with van der Waals surface area (Å²) >= 11 is 3.37. The van der Waals surface area contributed by atoms with Gasteiger partial charge >= 0.3 is 0 Å². The number of carbonyl (C=O) groups is 2. The second-order valence-corrected chi connectivity index (χ2v) is 13.1. The first-order valence-corrected chi connectivity index (χ1v) is 16.2. The number of ether oxygens (including phenoxy) is 1. The van der Waals surface area contributed by atoms with E-state index in [1.54, 1.807) is 30.3 Å². The standard InChI is InChI=1S/C32H40BrN3O5S/c1-7-24(5)34-32(38)29(8-2)35(20-25-11-9-10-23(4)18-25)31(37)21-36(26-14-12-22(3)13-15-26)42(39,40)27-16-17-30(41-6)28(33)19-27/h9-19,24,29H,7-8,20-21H2,1-6H3,(H,34,38)/t24-,29+/m0/s1. The Morgan fingerprint density at radius 2 is 1.64 bits per heavy atom. The van der Waals surface area contributed by atoms with Crippen LogP contribution < -0.4 is 14.4 Å². The van der Waals surface area contributed by atoms with E-state index in [2.05, 4.69) is 21.2 Å². The monoisotopic (exact) mass is 657 g/mol. The Morgan fingerprint density at radius 3 is 2.21 bits per heavy atom. The molecule has 8 nitrogen and oxygen atoms in total. The average molecular weight is 659 g/mol. The van der Waals surface area contributed by atoms with E-state index < -0.39 is 28.5 Å². The summed E-state index contributed by atoms with van der Waals surface area (Å²) in [6.07, 6.45) is 1.10. The zero-order valence-corrected chi connectivity index (χ0v) is 27.5. The highest BCUT2D eigenvalue weighted by atomic mass is 79.9. The number of hydrogen-bond donors (Lipinski definition) is 1. The summed E-state index contributed by atoms with van der Waals surface area (Å²) < 4.78 is 35.0. The Morgan fingerprint density at radius 1 is 0.952 bits per heavy atom. The van der Waals surface area contributed by atoms with Gasteiger partial charge in [0.1, 0.15) is 18.3 Å². The molecular weight excluding hydrogens is 618 g/mol. The summed E-state index contributed by atoms with van der Waals surface area (Å²) in [7, 11) is -2.70. The molecular formula is C32H40BrN3O5S. The molecule has 0 bridgehead atoms. The van der Waals surface area contributed by atoms with Crippen molar-refractivity contribution in [2.24, 2.45) is 0 Å². The van der Waals surface area contributed by atoms with Crippen LogP contribution in [0.25, 0.3) is 0 Å². The minimum absolute atomic E-state index is 0.00432. The Bertz CT molecular complexity index is 1490. The molecule has 0 aromatic heterocycles. The van der Waals surface area contributed by atoms with Crippen LogP contribution in [0.1, 0.15) is 50.3 Å². The third-order valence-corrected chi connectivity index (χ3v) is 9.52. The topological polar surface area (TPSA) is 96.0 Å². The number of carbonyl (C=O) groups excluding carboxylic acids is 2. The lowest BCUT2D eigenvalue weighted by Gasteiger charge is -2.34. The fourth-order valence-corrected chi connectivity index (χ4v) is 6.68. The number of benzene rings is 3. The Hall–Kier alpha value is -3.37. The van der Waals surface area contributed by atoms with E-state index in [0.29, 0.717) is 22.3 Å². The molecule has 0 saturated carbocycles. The molecule has 3 aromatic rings. The summed E-state index contributed by atoms with van der Waals surface area (Å²) in [5.74, 6) is -0.273. The lowest BCUT2D eigenvalue weighted by molar-refractivity contribution is -0.140. The fourth-order valence-electron chi connectivity index (χ4n) is 4.54. The minimum Gasteiger partial charge on any atom is -0.496 e. The molecule has 3 rings (SSSR count). The van der Waals surface area contributed by atoms with Gasteiger partial charge in [-0.15, -0.1) is 0 Å². The molecule has 42 heavy (non-hydrogen) atoms. The van der Waals surface area contributed by atoms with Crippen molar-refractivity contribution in [2.45, 2.75) is 71.0 Å². The van der Waals surface area contributed by atoms with Gasteiger partial charge in [0.25, 0.3) is 10.0 Å². The first kappa shape index (κ1) is 33.1. The van der Waals surface area contributed by atoms with Crippen molar-refractivity contribution in [2.75, 3.05) is 18.0 Å². The summed E-state index contributed by atoms with van der Waals surface area (Å²) in [4.78, 5) is 29.1. The number of nitrogens with one attached hydrogen (secondary N) is 1. The van der Waals surface area contributed by atoms with Crippen molar-refractivity contribution in [1.82, 2.24) is 10.2 Å². The number of hydrogen-bond acceptors (Lipinski definition) is 5. The number of aryl methyl sites for hydroxylation is 2. The smallest absolute Gasteiger partial charge is 0.264 e. The number of methoxy groups -OCH3 is 1. The third-order valence-electron chi connectivity index (χ3n) is 7.13. The molecule has 0 aliphatic carbocycles. The van der Waals surface area contributed by atoms with Gasteiger partial charge in [0, 0.05) is 12.6 Å². The van der Waals surface area contributed by atoms with Gasteiger partial charge in [-0.05, 0) is 85.4 Å². The van der Waals surface area contributed by atoms with Crippen LogP contribution in [0.5, 0.6) is 5.75 Å². The van der Waals surface area contributed by atoms with Gasteiger partial charge in [-0.25, -0.2) is 8.42 Å². The molecule has 2 amide bonds. The largest absolute Gasteiger partial charge is 0.496 e. The number of rotatable bonds is 13. The molecule has 226 valence electrons. The molecule has 1 N–H and O–H groups in total. The Balaban J connectivity index is 2.08. The molecule has 0 heterocycles. The third kappa shape index (κ3) is 8.13. The maximum atomic E-state index is 14.2. The van der Waals surface area contributed by atoms with E-state index in [-0.39, 0.29) is 23.4 Å². The lowest BCUT2D eigenvalue weighted by Crippen LogP contribution is -2.53. The van der Waals surface area contributed by atoms with Crippen molar-refractivity contribution in [3.05, 3.63) is 87.9 Å². The fraction of sp³-hybridized carbons (Fsp3) is 0.375. The number of halogens is 1. The lowest BCUT2D eigenvalue weighted by atomic mass is 10.1. The molecule has 0 saturated heterocycles. The number of sulfonamides is 1. The van der Waals surface area contributed by atoms with E-state index in [9.17, 15) is 18.0 Å². The Kier molecular flexibility index (Phi) is 11.6. The van der Waals surface area contributed by atoms with Crippen LogP contribution in [0, 0.1) is 13.8 Å². The highest BCUT2D eigenvalue weighted by Crippen LogP contribution is 2.31. The van der Waals surface area contributed by atoms with Crippen LogP contribution in [0.15, 0.2) is 76.1 Å². The molecule has 0 aliphatic heterocycles. The average Bonchev–Trinajstić information content (AvgIpc) is 2.96. The predicted octanol–water partition coefficient (Wildman–Crippen LogP) is 5.99. The second-order valence-electron chi connectivity index (χ2n) is 10.4. The van der Waals surface area contributed by atoms with Gasteiger partial charge in [0.15, 0.2) is 0 Å². The predicted molar refractivity (Wildman–Crippen MR) is 170 cm³/mol. The quantitative estimate of drug-likeness (QED) is 0.244. The molecule has 3 aromatic carbocycles. The zero-order valence-electron chi connectivity index (χ0n) is 25.1. The number of amides is 2. The van der Waals surface area contributed by atoms with Gasteiger partial charge in [0.05, 0.1) is 22.2 Å². The van der Waals surface area contributed by atoms with Crippen molar-refractivity contribution in [1.29, 1.82) is 0 Å². The van der Waals surface area contributed by atoms with Gasteiger partial charge in [-0.1, -0.05) is 61.4 Å². The molecule has 0 unspecified atom stereocenters. The first-order valence-electron chi connectivity index (χ1n) is 14.0. The maximum absolute atomic E-state index is 14.2. The van der Waals surface area contributed by atoms with E-state index in [0.717, 1.165) is 27.4 Å². The van der Waals surface area contributed by atoms with Crippen LogP contribution in [0.3, 0.4) is 0 Å². The zero-order chi connectivity index (χ0) is 31.0. The molecule has 0 spiro atoms. The van der Waals surface area contributed by atoms with Crippen molar-refractivity contribution >= 4 is 43.5 Å². The highest BCUT2D eigenvalue weighted by molar-refractivity contribution is 9.10. The van der Waals surface area contributed by atoms with E-state index in [4.69, 9.17) is 4.74 Å². The van der Waals surface area contributed by atoms with Crippen LogP contribution >= 0.6 is 15.9 Å². The van der Waals surface area contributed by atoms with Crippen LogP contribution in [0.4, 0.5) is 5.69 Å². The molecule has 0 fully saturated rings. The van der Waals surface area contributed by atoms with Crippen molar-refractivity contribution < 1.29 is 22.7 Å². The summed E-state index contributed by atoms with van der Waals surface area (Å²) in [6, 6.07) is 18.3. The van der Waals surface area contributed by atoms with Gasteiger partial charge in [0.2, 0.25) is 11.8 Å². The SMILES string of the molecule is CC[C@H](C(=O)N[C@@H](C)CC)N(Cc1cccc(C)c1)C(=O)CN(c1ccc(C)cc1)S(=O)(=O)c1ccc(OC)c(Br)c1. The van der Waals surface area contributed by atoms with Gasteiger partial charge in [-0.3, -0.25) is 13.9 Å². The van der Waals surface area contributed by atoms with Crippen LogP contribution in [-0.2, 0) is 26.2 Å². The molecule has 0 radical (unpaired) electrons. The van der Waals surface area contributed by atoms with Gasteiger partial charge in [-0.2, -0.15) is 0 Å². The van der Waals surface area contributed by atoms with Crippen molar-refractivity contribution in [3.8, 4) is 5.75 Å². The van der Waals surface area contributed by atoms with E-state index in [1.807, 2.05) is 58.9 Å². The summed E-state index contributed by atoms with van der Waals surface area (Å²) in [5, 5.41) is 3.00. The first-order chi connectivity index (χ1) is 19.9. The second kappa shape index (κ2) is 14.7. The van der Waals surface area contributed by atoms with Crippen LogP contribution in [-0.4, -0.2) is 50.9 Å². The maximum Gasteiger partial charge on any atom is 0.264 e. The van der Waals surface area contributed by atoms with E-state index >= 15 is 0 Å². The molecule has 0 aliphatic rings. The number of anilines is 1. The summed E-state index contributed by atoms with van der Waals surface area (Å²) in [6.45, 7) is 9.26. The minimum atomic E-state index is -4.20. The normalized spacial score (nSPS) is 12.7. The highest BCUT2D eigenvalue weighted by Gasteiger charge is 2.34. The molecule has 2 atom stereocenters.